The standard InChI is InChI=1S/C20H18N4O2/c1-13(19-11-15-7-3-6-10-18(15)26-19)22-23-20(25)12-24-14(2)21-16-8-4-5-9-17(16)24/h3-11H,12H2,1-2H3,(H,23,25)/b22-13-. The first kappa shape index (κ1) is 16.1. The fraction of sp³-hybridized carbons (Fsp3) is 0.150. The normalized spacial score (nSPS) is 12.0. The molecule has 2 aromatic heterocycles. The van der Waals surface area contributed by atoms with Crippen LogP contribution in [0.2, 0.25) is 0 Å². The van der Waals surface area contributed by atoms with Crippen LogP contribution in [0.15, 0.2) is 64.1 Å². The summed E-state index contributed by atoms with van der Waals surface area (Å²) in [5.74, 6) is 1.21. The molecular formula is C20H18N4O2. The number of fused-ring (bicyclic) bond motifs is 2. The predicted octanol–water partition coefficient (Wildman–Crippen LogP) is 3.63. The maximum Gasteiger partial charge on any atom is 0.260 e. The molecule has 0 bridgehead atoms. The van der Waals surface area contributed by atoms with E-state index < -0.39 is 0 Å². The number of rotatable bonds is 4. The molecule has 4 aromatic rings. The van der Waals surface area contributed by atoms with Crippen molar-refractivity contribution < 1.29 is 9.21 Å². The number of aromatic nitrogens is 2. The Morgan fingerprint density at radius 1 is 1.19 bits per heavy atom. The first-order chi connectivity index (χ1) is 12.6. The lowest BCUT2D eigenvalue weighted by molar-refractivity contribution is -0.121. The van der Waals surface area contributed by atoms with Crippen LogP contribution >= 0.6 is 0 Å². The minimum absolute atomic E-state index is 0.156. The van der Waals surface area contributed by atoms with Crippen LogP contribution in [0.1, 0.15) is 18.5 Å². The van der Waals surface area contributed by atoms with Crippen molar-refractivity contribution in [1.29, 1.82) is 0 Å². The molecule has 0 aliphatic carbocycles. The van der Waals surface area contributed by atoms with Crippen LogP contribution in [-0.2, 0) is 11.3 Å². The van der Waals surface area contributed by atoms with Gasteiger partial charge in [0.2, 0.25) is 0 Å². The molecule has 4 rings (SSSR count). The summed E-state index contributed by atoms with van der Waals surface area (Å²) in [5.41, 5.74) is 5.81. The van der Waals surface area contributed by atoms with E-state index in [4.69, 9.17) is 4.42 Å². The van der Waals surface area contributed by atoms with Gasteiger partial charge >= 0.3 is 0 Å². The molecular weight excluding hydrogens is 328 g/mol. The maximum atomic E-state index is 12.3. The lowest BCUT2D eigenvalue weighted by Gasteiger charge is -2.06. The average molecular weight is 346 g/mol. The molecule has 2 heterocycles. The molecule has 26 heavy (non-hydrogen) atoms. The molecule has 6 nitrogen and oxygen atoms in total. The van der Waals surface area contributed by atoms with Crippen LogP contribution < -0.4 is 5.43 Å². The number of furan rings is 1. The molecule has 0 unspecified atom stereocenters. The fourth-order valence-electron chi connectivity index (χ4n) is 2.94. The molecule has 0 aliphatic heterocycles. The highest BCUT2D eigenvalue weighted by molar-refractivity contribution is 6.00. The van der Waals surface area contributed by atoms with Crippen LogP contribution in [-0.4, -0.2) is 21.2 Å². The van der Waals surface area contributed by atoms with Crippen molar-refractivity contribution in [2.75, 3.05) is 0 Å². The number of carbonyl (C=O) groups excluding carboxylic acids is 1. The van der Waals surface area contributed by atoms with Crippen molar-refractivity contribution in [2.45, 2.75) is 20.4 Å². The zero-order chi connectivity index (χ0) is 18.1. The van der Waals surface area contributed by atoms with Crippen LogP contribution in [0.4, 0.5) is 0 Å². The van der Waals surface area contributed by atoms with Crippen molar-refractivity contribution in [1.82, 2.24) is 15.0 Å². The van der Waals surface area contributed by atoms with Crippen LogP contribution in [0.25, 0.3) is 22.0 Å². The smallest absolute Gasteiger partial charge is 0.260 e. The summed E-state index contributed by atoms with van der Waals surface area (Å²) < 4.78 is 7.62. The monoisotopic (exact) mass is 346 g/mol. The third-order valence-electron chi connectivity index (χ3n) is 4.28. The molecule has 0 fully saturated rings. The Kier molecular flexibility index (Phi) is 4.01. The van der Waals surface area contributed by atoms with E-state index in [0.29, 0.717) is 11.5 Å². The summed E-state index contributed by atoms with van der Waals surface area (Å²) >= 11 is 0. The minimum atomic E-state index is -0.216. The van der Waals surface area contributed by atoms with Gasteiger partial charge in [-0.25, -0.2) is 10.4 Å². The van der Waals surface area contributed by atoms with Gasteiger partial charge in [0.15, 0.2) is 5.76 Å². The van der Waals surface area contributed by atoms with Crippen LogP contribution in [0, 0.1) is 6.92 Å². The van der Waals surface area contributed by atoms with Gasteiger partial charge in [0.25, 0.3) is 5.91 Å². The number of hydrogen-bond acceptors (Lipinski definition) is 4. The molecule has 6 heteroatoms. The van der Waals surface area contributed by atoms with Gasteiger partial charge in [-0.2, -0.15) is 5.10 Å². The molecule has 0 aliphatic rings. The molecule has 1 amide bonds. The zero-order valence-electron chi connectivity index (χ0n) is 14.6. The number of aryl methyl sites for hydroxylation is 1. The second kappa shape index (κ2) is 6.48. The van der Waals surface area contributed by atoms with E-state index in [1.54, 1.807) is 6.92 Å². The molecule has 0 atom stereocenters. The van der Waals surface area contributed by atoms with Gasteiger partial charge in [-0.1, -0.05) is 30.3 Å². The third-order valence-corrected chi connectivity index (χ3v) is 4.28. The Morgan fingerprint density at radius 2 is 1.96 bits per heavy atom. The van der Waals surface area contributed by atoms with Crippen molar-refractivity contribution in [3.05, 3.63) is 66.2 Å². The van der Waals surface area contributed by atoms with Crippen molar-refractivity contribution in [3.63, 3.8) is 0 Å². The fourth-order valence-corrected chi connectivity index (χ4v) is 2.94. The second-order valence-corrected chi connectivity index (χ2v) is 6.11. The maximum absolute atomic E-state index is 12.3. The van der Waals surface area contributed by atoms with Crippen molar-refractivity contribution in [2.24, 2.45) is 5.10 Å². The second-order valence-electron chi connectivity index (χ2n) is 6.11. The highest BCUT2D eigenvalue weighted by Gasteiger charge is 2.11. The SMILES string of the molecule is C/C(=N/NC(=O)Cn1c(C)nc2ccccc21)c1cc2ccccc2o1. The van der Waals surface area contributed by atoms with E-state index in [-0.39, 0.29) is 12.5 Å². The first-order valence-electron chi connectivity index (χ1n) is 8.36. The number of carbonyl (C=O) groups is 1. The van der Waals surface area contributed by atoms with E-state index >= 15 is 0 Å². The average Bonchev–Trinajstić information content (AvgIpc) is 3.21. The summed E-state index contributed by atoms with van der Waals surface area (Å²) in [6.45, 7) is 3.84. The number of hydrogen-bond donors (Lipinski definition) is 1. The van der Waals surface area contributed by atoms with Gasteiger partial charge < -0.3 is 8.98 Å². The van der Waals surface area contributed by atoms with Crippen LogP contribution in [0.3, 0.4) is 0 Å². The summed E-state index contributed by atoms with van der Waals surface area (Å²) in [6, 6.07) is 17.4. The Bertz CT molecular complexity index is 1100. The van der Waals surface area contributed by atoms with E-state index in [1.807, 2.05) is 66.1 Å². The van der Waals surface area contributed by atoms with Gasteiger partial charge in [0, 0.05) is 5.39 Å². The number of nitrogens with zero attached hydrogens (tertiary/aromatic N) is 3. The third kappa shape index (κ3) is 2.97. The number of imidazole rings is 1. The van der Waals surface area contributed by atoms with Gasteiger partial charge in [-0.15, -0.1) is 0 Å². The van der Waals surface area contributed by atoms with E-state index in [2.05, 4.69) is 15.5 Å². The highest BCUT2D eigenvalue weighted by atomic mass is 16.3. The molecule has 1 N–H and O–H groups in total. The summed E-state index contributed by atoms with van der Waals surface area (Å²) in [4.78, 5) is 16.8. The molecule has 0 radical (unpaired) electrons. The largest absolute Gasteiger partial charge is 0.455 e. The number of amides is 1. The number of benzene rings is 2. The number of para-hydroxylation sites is 3. The zero-order valence-corrected chi connectivity index (χ0v) is 14.6. The Morgan fingerprint density at radius 3 is 2.81 bits per heavy atom. The lowest BCUT2D eigenvalue weighted by atomic mass is 10.2. The summed E-state index contributed by atoms with van der Waals surface area (Å²) in [5, 5.41) is 5.17. The Hall–Kier alpha value is -3.41. The van der Waals surface area contributed by atoms with Gasteiger partial charge in [0.05, 0.1) is 11.0 Å². The minimum Gasteiger partial charge on any atom is -0.455 e. The van der Waals surface area contributed by atoms with Crippen LogP contribution in [0.5, 0.6) is 0 Å². The lowest BCUT2D eigenvalue weighted by Crippen LogP contribution is -2.24. The van der Waals surface area contributed by atoms with Crippen molar-refractivity contribution in [3.8, 4) is 0 Å². The first-order valence-corrected chi connectivity index (χ1v) is 8.36. The molecule has 0 saturated heterocycles. The molecule has 0 saturated carbocycles. The Labute approximate surface area is 150 Å². The van der Waals surface area contributed by atoms with E-state index in [0.717, 1.165) is 27.8 Å². The summed E-state index contributed by atoms with van der Waals surface area (Å²) in [6.07, 6.45) is 0. The predicted molar refractivity (Wildman–Crippen MR) is 101 cm³/mol. The topological polar surface area (TPSA) is 72.4 Å². The Balaban J connectivity index is 1.50. The number of hydrazone groups is 1. The van der Waals surface area contributed by atoms with Gasteiger partial charge in [0.1, 0.15) is 23.7 Å². The van der Waals surface area contributed by atoms with Crippen molar-refractivity contribution >= 4 is 33.6 Å². The van der Waals surface area contributed by atoms with Gasteiger partial charge in [-0.3, -0.25) is 4.79 Å². The molecule has 0 spiro atoms. The molecule has 130 valence electrons. The van der Waals surface area contributed by atoms with E-state index in [1.165, 1.54) is 0 Å². The van der Waals surface area contributed by atoms with E-state index in [9.17, 15) is 4.79 Å². The molecule has 2 aromatic carbocycles. The summed E-state index contributed by atoms with van der Waals surface area (Å²) in [7, 11) is 0. The number of nitrogens with one attached hydrogen (secondary N) is 1. The quantitative estimate of drug-likeness (QED) is 0.453. The van der Waals surface area contributed by atoms with Gasteiger partial charge in [-0.05, 0) is 38.1 Å². The highest BCUT2D eigenvalue weighted by Crippen LogP contribution is 2.19.